The van der Waals surface area contributed by atoms with Gasteiger partial charge in [0.1, 0.15) is 6.61 Å². The van der Waals surface area contributed by atoms with Crippen LogP contribution in [0.25, 0.3) is 0 Å². The van der Waals surface area contributed by atoms with E-state index in [0.29, 0.717) is 17.2 Å². The zero-order chi connectivity index (χ0) is 17.6. The Morgan fingerprint density at radius 3 is 2.80 bits per heavy atom. The van der Waals surface area contributed by atoms with Crippen LogP contribution in [0.3, 0.4) is 0 Å². The van der Waals surface area contributed by atoms with E-state index in [1.165, 1.54) is 11.3 Å². The van der Waals surface area contributed by atoms with Crippen LogP contribution in [0.5, 0.6) is 11.5 Å². The van der Waals surface area contributed by atoms with Gasteiger partial charge in [0.15, 0.2) is 11.5 Å². The van der Waals surface area contributed by atoms with Crippen molar-refractivity contribution in [3.05, 3.63) is 46.7 Å². The van der Waals surface area contributed by atoms with E-state index in [1.807, 2.05) is 23.6 Å². The summed E-state index contributed by atoms with van der Waals surface area (Å²) in [4.78, 5) is 24.9. The summed E-state index contributed by atoms with van der Waals surface area (Å²) in [5, 5.41) is 8.46. The number of hydrazone groups is 1. The summed E-state index contributed by atoms with van der Waals surface area (Å²) >= 11 is 1.53. The molecule has 0 spiro atoms. The van der Waals surface area contributed by atoms with E-state index in [1.54, 1.807) is 25.1 Å². The summed E-state index contributed by atoms with van der Waals surface area (Å²) in [7, 11) is 0. The van der Waals surface area contributed by atoms with E-state index in [4.69, 9.17) is 9.47 Å². The number of carbonyl (C=O) groups is 2. The number of hydrogen-bond acceptors (Lipinski definition) is 6. The van der Waals surface area contributed by atoms with Gasteiger partial charge < -0.3 is 14.8 Å². The summed E-state index contributed by atoms with van der Waals surface area (Å²) in [6.07, 6.45) is -0.793. The third kappa shape index (κ3) is 4.36. The monoisotopic (exact) mass is 359 g/mol. The van der Waals surface area contributed by atoms with Crippen LogP contribution in [-0.4, -0.2) is 36.8 Å². The molecule has 2 N–H and O–H groups in total. The maximum Gasteiger partial charge on any atom is 0.265 e. The van der Waals surface area contributed by atoms with Gasteiger partial charge >= 0.3 is 0 Å². The Balaban J connectivity index is 1.46. The second kappa shape index (κ2) is 7.80. The summed E-state index contributed by atoms with van der Waals surface area (Å²) < 4.78 is 11.1. The molecule has 25 heavy (non-hydrogen) atoms. The Bertz CT molecular complexity index is 789. The van der Waals surface area contributed by atoms with Gasteiger partial charge in [0.25, 0.3) is 11.8 Å². The fourth-order valence-corrected chi connectivity index (χ4v) is 2.83. The van der Waals surface area contributed by atoms with Crippen molar-refractivity contribution in [1.82, 2.24) is 10.7 Å². The van der Waals surface area contributed by atoms with Gasteiger partial charge in [-0.1, -0.05) is 18.2 Å². The van der Waals surface area contributed by atoms with Crippen LogP contribution in [0.15, 0.2) is 46.9 Å². The minimum absolute atomic E-state index is 0.0973. The zero-order valence-electron chi connectivity index (χ0n) is 13.5. The van der Waals surface area contributed by atoms with Crippen molar-refractivity contribution in [3.8, 4) is 11.5 Å². The lowest BCUT2D eigenvalue weighted by Crippen LogP contribution is -2.46. The van der Waals surface area contributed by atoms with Crippen LogP contribution in [0.1, 0.15) is 11.8 Å². The highest BCUT2D eigenvalue weighted by molar-refractivity contribution is 7.12. The summed E-state index contributed by atoms with van der Waals surface area (Å²) in [6, 6.07) is 10.9. The van der Waals surface area contributed by atoms with E-state index in [2.05, 4.69) is 15.8 Å². The standard InChI is InChI=1S/C17H17N3O4S/c1-11(15-7-4-8-25-15)19-20-16(21)9-18-17(22)14-10-23-12-5-2-3-6-13(12)24-14/h2-8,14H,9-10H2,1H3,(H,18,22)(H,20,21)/b19-11+/t14-/m0/s1. The van der Waals surface area contributed by atoms with Crippen molar-refractivity contribution in [2.24, 2.45) is 5.10 Å². The molecule has 8 heteroatoms. The molecule has 0 fully saturated rings. The van der Waals surface area contributed by atoms with Crippen LogP contribution in [0, 0.1) is 0 Å². The van der Waals surface area contributed by atoms with E-state index >= 15 is 0 Å². The molecule has 0 aliphatic carbocycles. The minimum atomic E-state index is -0.793. The molecule has 1 atom stereocenters. The molecule has 7 nitrogen and oxygen atoms in total. The summed E-state index contributed by atoms with van der Waals surface area (Å²) in [6.45, 7) is 1.71. The van der Waals surface area contributed by atoms with E-state index in [-0.39, 0.29) is 13.2 Å². The van der Waals surface area contributed by atoms with Crippen LogP contribution in [0.4, 0.5) is 0 Å². The first-order chi connectivity index (χ1) is 12.1. The number of thiophene rings is 1. The van der Waals surface area contributed by atoms with E-state index < -0.39 is 17.9 Å². The van der Waals surface area contributed by atoms with Gasteiger partial charge in [-0.15, -0.1) is 11.3 Å². The lowest BCUT2D eigenvalue weighted by atomic mass is 10.2. The number of carbonyl (C=O) groups excluding carboxylic acids is 2. The Morgan fingerprint density at radius 1 is 1.24 bits per heavy atom. The maximum atomic E-state index is 12.1. The molecule has 0 saturated carbocycles. The van der Waals surface area contributed by atoms with Crippen molar-refractivity contribution in [2.45, 2.75) is 13.0 Å². The Labute approximate surface area is 148 Å². The highest BCUT2D eigenvalue weighted by Crippen LogP contribution is 2.30. The molecule has 2 heterocycles. The van der Waals surface area contributed by atoms with Crippen LogP contribution in [-0.2, 0) is 9.59 Å². The Morgan fingerprint density at radius 2 is 2.04 bits per heavy atom. The molecule has 1 aliphatic heterocycles. The molecule has 1 aliphatic rings. The topological polar surface area (TPSA) is 89.0 Å². The summed E-state index contributed by atoms with van der Waals surface area (Å²) in [5.41, 5.74) is 3.12. The van der Waals surface area contributed by atoms with Gasteiger partial charge in [-0.05, 0) is 30.5 Å². The lowest BCUT2D eigenvalue weighted by Gasteiger charge is -2.25. The first kappa shape index (κ1) is 17.0. The molecule has 0 bridgehead atoms. The second-order valence-electron chi connectivity index (χ2n) is 5.29. The van der Waals surface area contributed by atoms with Gasteiger partial charge in [-0.2, -0.15) is 5.10 Å². The number of ether oxygens (including phenoxy) is 2. The van der Waals surface area contributed by atoms with Crippen LogP contribution < -0.4 is 20.2 Å². The zero-order valence-corrected chi connectivity index (χ0v) is 14.3. The second-order valence-corrected chi connectivity index (χ2v) is 6.24. The molecule has 0 radical (unpaired) electrons. The molecule has 0 saturated heterocycles. The number of nitrogens with zero attached hydrogens (tertiary/aromatic N) is 1. The number of benzene rings is 1. The molecular formula is C17H17N3O4S. The fourth-order valence-electron chi connectivity index (χ4n) is 2.16. The van der Waals surface area contributed by atoms with Crippen molar-refractivity contribution < 1.29 is 19.1 Å². The first-order valence-electron chi connectivity index (χ1n) is 7.66. The van der Waals surface area contributed by atoms with Gasteiger partial charge in [0.2, 0.25) is 6.10 Å². The van der Waals surface area contributed by atoms with E-state index in [0.717, 1.165) is 4.88 Å². The average Bonchev–Trinajstić information content (AvgIpc) is 3.18. The van der Waals surface area contributed by atoms with Crippen molar-refractivity contribution in [3.63, 3.8) is 0 Å². The van der Waals surface area contributed by atoms with Gasteiger partial charge in [-0.3, -0.25) is 9.59 Å². The van der Waals surface area contributed by atoms with Gasteiger partial charge in [0, 0.05) is 4.88 Å². The third-order valence-corrected chi connectivity index (χ3v) is 4.43. The number of nitrogens with one attached hydrogen (secondary N) is 2. The van der Waals surface area contributed by atoms with Crippen molar-refractivity contribution >= 4 is 28.9 Å². The maximum absolute atomic E-state index is 12.1. The van der Waals surface area contributed by atoms with Gasteiger partial charge in [-0.25, -0.2) is 5.43 Å². The summed E-state index contributed by atoms with van der Waals surface area (Å²) in [5.74, 6) is 0.280. The molecule has 130 valence electrons. The number of para-hydroxylation sites is 2. The molecule has 3 rings (SSSR count). The Hall–Kier alpha value is -2.87. The van der Waals surface area contributed by atoms with Crippen LogP contribution >= 0.6 is 11.3 Å². The number of fused-ring (bicyclic) bond motifs is 1. The number of rotatable bonds is 5. The minimum Gasteiger partial charge on any atom is -0.485 e. The highest BCUT2D eigenvalue weighted by atomic mass is 32.1. The van der Waals surface area contributed by atoms with Gasteiger partial charge in [0.05, 0.1) is 12.3 Å². The molecule has 1 aromatic carbocycles. The fraction of sp³-hybridized carbons (Fsp3) is 0.235. The average molecular weight is 359 g/mol. The largest absolute Gasteiger partial charge is 0.485 e. The lowest BCUT2D eigenvalue weighted by molar-refractivity contribution is -0.132. The molecule has 1 aromatic heterocycles. The third-order valence-electron chi connectivity index (χ3n) is 3.45. The smallest absolute Gasteiger partial charge is 0.265 e. The number of hydrogen-bond donors (Lipinski definition) is 2. The van der Waals surface area contributed by atoms with Crippen LogP contribution in [0.2, 0.25) is 0 Å². The Kier molecular flexibility index (Phi) is 5.30. The SMILES string of the molecule is C/C(=N\NC(=O)CNC(=O)[C@@H]1COc2ccccc2O1)c1cccs1. The quantitative estimate of drug-likeness (QED) is 0.626. The predicted molar refractivity (Wildman–Crippen MR) is 94.0 cm³/mol. The molecule has 2 aromatic rings. The normalized spacial score (nSPS) is 16.2. The predicted octanol–water partition coefficient (Wildman–Crippen LogP) is 1.54. The highest BCUT2D eigenvalue weighted by Gasteiger charge is 2.27. The molecular weight excluding hydrogens is 342 g/mol. The van der Waals surface area contributed by atoms with Crippen molar-refractivity contribution in [1.29, 1.82) is 0 Å². The van der Waals surface area contributed by atoms with E-state index in [9.17, 15) is 9.59 Å². The molecule has 0 unspecified atom stereocenters. The first-order valence-corrected chi connectivity index (χ1v) is 8.54. The van der Waals surface area contributed by atoms with Crippen molar-refractivity contribution in [2.75, 3.05) is 13.2 Å². The molecule has 2 amide bonds. The number of amides is 2.